The molecule has 1 N–H and O–H groups in total. The number of fused-ring (bicyclic) bond motifs is 1. The standard InChI is InChI=1S/C21H19N3OS/c1-3-25-18-7-5-4-6-17(18)24-20-19-16(12-26-21(19)23-13-22-20)15-10-8-14(2)9-11-15/h4-13H,3H2,1-2H3,(H,22,23,24). The SMILES string of the molecule is CCOc1ccccc1Nc1ncnc2scc(-c3ccc(C)cc3)c12. The zero-order chi connectivity index (χ0) is 17.9. The van der Waals surface area contributed by atoms with E-state index in [1.165, 1.54) is 5.56 Å². The molecule has 130 valence electrons. The van der Waals surface area contributed by atoms with Gasteiger partial charge in [-0.25, -0.2) is 9.97 Å². The molecule has 0 unspecified atom stereocenters. The lowest BCUT2D eigenvalue weighted by Crippen LogP contribution is -1.99. The summed E-state index contributed by atoms with van der Waals surface area (Å²) in [5, 5.41) is 6.62. The van der Waals surface area contributed by atoms with Crippen molar-refractivity contribution < 1.29 is 4.74 Å². The molecule has 26 heavy (non-hydrogen) atoms. The summed E-state index contributed by atoms with van der Waals surface area (Å²) < 4.78 is 5.73. The van der Waals surface area contributed by atoms with Gasteiger partial charge < -0.3 is 10.1 Å². The van der Waals surface area contributed by atoms with Crippen LogP contribution in [-0.4, -0.2) is 16.6 Å². The second kappa shape index (κ2) is 7.14. The molecule has 0 spiro atoms. The number of thiophene rings is 1. The van der Waals surface area contributed by atoms with E-state index in [9.17, 15) is 0 Å². The van der Waals surface area contributed by atoms with Gasteiger partial charge in [-0.1, -0.05) is 42.0 Å². The maximum atomic E-state index is 5.73. The van der Waals surface area contributed by atoms with Gasteiger partial charge in [0.25, 0.3) is 0 Å². The Morgan fingerprint density at radius 1 is 1.04 bits per heavy atom. The number of aromatic nitrogens is 2. The van der Waals surface area contributed by atoms with E-state index in [0.29, 0.717) is 6.61 Å². The first-order valence-corrected chi connectivity index (χ1v) is 9.42. The summed E-state index contributed by atoms with van der Waals surface area (Å²) in [5.41, 5.74) is 4.45. The van der Waals surface area contributed by atoms with Gasteiger partial charge >= 0.3 is 0 Å². The number of anilines is 2. The van der Waals surface area contributed by atoms with Crippen molar-refractivity contribution in [3.05, 3.63) is 65.8 Å². The monoisotopic (exact) mass is 361 g/mol. The number of benzene rings is 2. The minimum Gasteiger partial charge on any atom is -0.492 e. The predicted octanol–water partition coefficient (Wildman–Crippen LogP) is 5.81. The van der Waals surface area contributed by atoms with E-state index in [-0.39, 0.29) is 0 Å². The Labute approximate surface area is 156 Å². The van der Waals surface area contributed by atoms with Crippen molar-refractivity contribution in [2.24, 2.45) is 0 Å². The van der Waals surface area contributed by atoms with Crippen LogP contribution in [-0.2, 0) is 0 Å². The van der Waals surface area contributed by atoms with E-state index in [0.717, 1.165) is 38.6 Å². The van der Waals surface area contributed by atoms with Gasteiger partial charge in [-0.15, -0.1) is 11.3 Å². The molecule has 0 bridgehead atoms. The Bertz CT molecular complexity index is 1040. The Hall–Kier alpha value is -2.92. The van der Waals surface area contributed by atoms with E-state index in [4.69, 9.17) is 4.74 Å². The van der Waals surface area contributed by atoms with Gasteiger partial charge in [-0.05, 0) is 31.5 Å². The summed E-state index contributed by atoms with van der Waals surface area (Å²) in [6.07, 6.45) is 1.60. The number of nitrogens with zero attached hydrogens (tertiary/aromatic N) is 2. The van der Waals surface area contributed by atoms with Crippen LogP contribution in [0.5, 0.6) is 5.75 Å². The molecule has 2 aromatic heterocycles. The van der Waals surface area contributed by atoms with Crippen LogP contribution in [0.25, 0.3) is 21.3 Å². The van der Waals surface area contributed by atoms with Gasteiger partial charge in [0.2, 0.25) is 0 Å². The first kappa shape index (κ1) is 16.5. The Morgan fingerprint density at radius 3 is 2.65 bits per heavy atom. The molecular weight excluding hydrogens is 342 g/mol. The van der Waals surface area contributed by atoms with Crippen LogP contribution in [0.15, 0.2) is 60.2 Å². The fourth-order valence-electron chi connectivity index (χ4n) is 2.89. The lowest BCUT2D eigenvalue weighted by molar-refractivity contribution is 0.342. The van der Waals surface area contributed by atoms with Crippen LogP contribution >= 0.6 is 11.3 Å². The Kier molecular flexibility index (Phi) is 4.54. The predicted molar refractivity (Wildman–Crippen MR) is 108 cm³/mol. The Balaban J connectivity index is 1.81. The van der Waals surface area contributed by atoms with Gasteiger partial charge in [0, 0.05) is 10.9 Å². The number of aryl methyl sites for hydroxylation is 1. The van der Waals surface area contributed by atoms with Crippen molar-refractivity contribution in [3.63, 3.8) is 0 Å². The molecule has 0 aliphatic heterocycles. The lowest BCUT2D eigenvalue weighted by Gasteiger charge is -2.13. The number of hydrogen-bond donors (Lipinski definition) is 1. The van der Waals surface area contributed by atoms with E-state index in [2.05, 4.69) is 51.9 Å². The maximum absolute atomic E-state index is 5.73. The number of hydrogen-bond acceptors (Lipinski definition) is 5. The summed E-state index contributed by atoms with van der Waals surface area (Å²) in [6, 6.07) is 16.4. The molecule has 4 rings (SSSR count). The van der Waals surface area contributed by atoms with Crippen LogP contribution in [0.4, 0.5) is 11.5 Å². The van der Waals surface area contributed by atoms with Crippen LogP contribution in [0, 0.1) is 6.92 Å². The van der Waals surface area contributed by atoms with Crippen molar-refractivity contribution in [2.45, 2.75) is 13.8 Å². The second-order valence-corrected chi connectivity index (χ2v) is 6.83. The van der Waals surface area contributed by atoms with Gasteiger partial charge in [0.1, 0.15) is 22.7 Å². The van der Waals surface area contributed by atoms with E-state index >= 15 is 0 Å². The normalized spacial score (nSPS) is 10.8. The third-order valence-corrected chi connectivity index (χ3v) is 5.06. The highest BCUT2D eigenvalue weighted by Gasteiger charge is 2.14. The molecule has 4 aromatic rings. The molecule has 0 saturated carbocycles. The summed E-state index contributed by atoms with van der Waals surface area (Å²) in [4.78, 5) is 9.92. The fraction of sp³-hybridized carbons (Fsp3) is 0.143. The first-order chi connectivity index (χ1) is 12.8. The largest absolute Gasteiger partial charge is 0.492 e. The molecule has 0 fully saturated rings. The number of ether oxygens (including phenoxy) is 1. The van der Waals surface area contributed by atoms with Crippen molar-refractivity contribution in [1.82, 2.24) is 9.97 Å². The molecule has 4 nitrogen and oxygen atoms in total. The van der Waals surface area contributed by atoms with Crippen LogP contribution in [0.2, 0.25) is 0 Å². The van der Waals surface area contributed by atoms with Crippen molar-refractivity contribution in [1.29, 1.82) is 0 Å². The molecule has 2 aromatic carbocycles. The van der Waals surface area contributed by atoms with Gasteiger partial charge in [0.15, 0.2) is 0 Å². The smallest absolute Gasteiger partial charge is 0.143 e. The zero-order valence-electron chi connectivity index (χ0n) is 14.7. The quantitative estimate of drug-likeness (QED) is 0.487. The molecule has 0 saturated heterocycles. The molecule has 0 aliphatic carbocycles. The molecule has 5 heteroatoms. The number of rotatable bonds is 5. The van der Waals surface area contributed by atoms with Gasteiger partial charge in [-0.2, -0.15) is 0 Å². The van der Waals surface area contributed by atoms with Crippen LogP contribution in [0.1, 0.15) is 12.5 Å². The van der Waals surface area contributed by atoms with E-state index in [1.807, 2.05) is 31.2 Å². The summed E-state index contributed by atoms with van der Waals surface area (Å²) in [7, 11) is 0. The van der Waals surface area contributed by atoms with Crippen molar-refractivity contribution in [3.8, 4) is 16.9 Å². The van der Waals surface area contributed by atoms with Crippen LogP contribution in [0.3, 0.4) is 0 Å². The highest BCUT2D eigenvalue weighted by molar-refractivity contribution is 7.17. The fourth-order valence-corrected chi connectivity index (χ4v) is 3.81. The van der Waals surface area contributed by atoms with Crippen molar-refractivity contribution in [2.75, 3.05) is 11.9 Å². The van der Waals surface area contributed by atoms with Crippen molar-refractivity contribution >= 4 is 33.1 Å². The van der Waals surface area contributed by atoms with E-state index in [1.54, 1.807) is 17.7 Å². The Morgan fingerprint density at radius 2 is 1.85 bits per heavy atom. The molecular formula is C21H19N3OS. The molecule has 0 aliphatic rings. The highest BCUT2D eigenvalue weighted by Crippen LogP contribution is 2.38. The summed E-state index contributed by atoms with van der Waals surface area (Å²) in [5.74, 6) is 1.60. The first-order valence-electron chi connectivity index (χ1n) is 8.54. The minimum atomic E-state index is 0.616. The number of nitrogens with one attached hydrogen (secondary N) is 1. The minimum absolute atomic E-state index is 0.616. The van der Waals surface area contributed by atoms with Crippen LogP contribution < -0.4 is 10.1 Å². The average molecular weight is 361 g/mol. The second-order valence-electron chi connectivity index (χ2n) is 5.97. The van der Waals surface area contributed by atoms with E-state index < -0.39 is 0 Å². The molecule has 0 atom stereocenters. The topological polar surface area (TPSA) is 47.0 Å². The molecule has 2 heterocycles. The number of para-hydroxylation sites is 2. The van der Waals surface area contributed by atoms with Gasteiger partial charge in [-0.3, -0.25) is 0 Å². The summed E-state index contributed by atoms with van der Waals surface area (Å²) in [6.45, 7) is 4.69. The highest BCUT2D eigenvalue weighted by atomic mass is 32.1. The summed E-state index contributed by atoms with van der Waals surface area (Å²) >= 11 is 1.63. The maximum Gasteiger partial charge on any atom is 0.143 e. The molecule has 0 amide bonds. The average Bonchev–Trinajstić information content (AvgIpc) is 3.09. The molecule has 0 radical (unpaired) electrons. The lowest BCUT2D eigenvalue weighted by atomic mass is 10.0. The van der Waals surface area contributed by atoms with Gasteiger partial charge in [0.05, 0.1) is 17.7 Å². The third-order valence-electron chi connectivity index (χ3n) is 4.17. The third kappa shape index (κ3) is 3.13. The zero-order valence-corrected chi connectivity index (χ0v) is 15.5.